The van der Waals surface area contributed by atoms with Crippen LogP contribution < -0.4 is 10.1 Å². The minimum atomic E-state index is -0.144. The summed E-state index contributed by atoms with van der Waals surface area (Å²) in [7, 11) is 0. The molecule has 0 spiro atoms. The molecule has 5 heteroatoms. The molecule has 0 saturated heterocycles. The molecule has 4 atom stereocenters. The molecule has 1 amide bonds. The summed E-state index contributed by atoms with van der Waals surface area (Å²) in [5.41, 5.74) is 0.399. The van der Waals surface area contributed by atoms with Gasteiger partial charge in [0, 0.05) is 11.1 Å². The van der Waals surface area contributed by atoms with Crippen LogP contribution in [0.15, 0.2) is 18.2 Å². The van der Waals surface area contributed by atoms with Gasteiger partial charge in [0.05, 0.1) is 5.56 Å². The number of nitrogens with one attached hydrogen (secondary N) is 1. The number of Topliss-reactive ketones (excluding diaryl/α,β-unsaturated/α-hetero) is 1. The summed E-state index contributed by atoms with van der Waals surface area (Å²) in [6.07, 6.45) is 5.22. The largest absolute Gasteiger partial charge is 0.483 e. The van der Waals surface area contributed by atoms with Crippen molar-refractivity contribution in [2.75, 3.05) is 6.61 Å². The molecule has 1 aromatic rings. The summed E-state index contributed by atoms with van der Waals surface area (Å²) in [5, 5.41) is 3.54. The number of hydrogen-bond acceptors (Lipinski definition) is 3. The highest BCUT2D eigenvalue weighted by Gasteiger charge is 2.42. The number of hydrogen-bond donors (Lipinski definition) is 1. The van der Waals surface area contributed by atoms with Crippen molar-refractivity contribution >= 4 is 23.3 Å². The molecule has 130 valence electrons. The van der Waals surface area contributed by atoms with Gasteiger partial charge in [0.25, 0.3) is 5.91 Å². The van der Waals surface area contributed by atoms with Crippen molar-refractivity contribution in [1.29, 1.82) is 0 Å². The van der Waals surface area contributed by atoms with Gasteiger partial charge in [-0.25, -0.2) is 0 Å². The number of benzene rings is 1. The van der Waals surface area contributed by atoms with E-state index in [1.54, 1.807) is 18.2 Å². The first-order valence-electron chi connectivity index (χ1n) is 8.66. The van der Waals surface area contributed by atoms with Gasteiger partial charge < -0.3 is 10.1 Å². The third kappa shape index (κ3) is 3.75. The van der Waals surface area contributed by atoms with Crippen molar-refractivity contribution in [1.82, 2.24) is 5.32 Å². The van der Waals surface area contributed by atoms with Crippen LogP contribution in [0.5, 0.6) is 5.75 Å². The lowest BCUT2D eigenvalue weighted by atomic mass is 9.84. The SMILES string of the molecule is CC(=O)c1cc(Cl)ccc1OCC(=O)N[C@@H](C)[C@@H]1C[C@H]2CC[C@H]1C2. The Balaban J connectivity index is 1.53. The second-order valence-corrected chi connectivity index (χ2v) is 7.62. The molecule has 0 aliphatic heterocycles. The highest BCUT2D eigenvalue weighted by Crippen LogP contribution is 2.49. The zero-order chi connectivity index (χ0) is 17.3. The molecule has 1 aromatic carbocycles. The van der Waals surface area contributed by atoms with Crippen LogP contribution in [0.1, 0.15) is 49.9 Å². The third-order valence-electron chi connectivity index (χ3n) is 5.50. The van der Waals surface area contributed by atoms with E-state index in [1.165, 1.54) is 32.6 Å². The summed E-state index contributed by atoms with van der Waals surface area (Å²) in [5.74, 6) is 2.35. The highest BCUT2D eigenvalue weighted by molar-refractivity contribution is 6.31. The molecule has 0 radical (unpaired) electrons. The maximum Gasteiger partial charge on any atom is 0.258 e. The van der Waals surface area contributed by atoms with Gasteiger partial charge in [-0.15, -0.1) is 0 Å². The van der Waals surface area contributed by atoms with Crippen molar-refractivity contribution in [3.8, 4) is 5.75 Å². The van der Waals surface area contributed by atoms with Crippen LogP contribution in [0.25, 0.3) is 0 Å². The first-order valence-corrected chi connectivity index (χ1v) is 9.04. The van der Waals surface area contributed by atoms with E-state index in [9.17, 15) is 9.59 Å². The molecule has 2 bridgehead atoms. The molecule has 0 heterocycles. The minimum absolute atomic E-state index is 0.0902. The Labute approximate surface area is 147 Å². The van der Waals surface area contributed by atoms with Crippen LogP contribution in [-0.4, -0.2) is 24.3 Å². The number of carbonyl (C=O) groups is 2. The van der Waals surface area contributed by atoms with Crippen LogP contribution >= 0.6 is 11.6 Å². The van der Waals surface area contributed by atoms with Crippen LogP contribution in [-0.2, 0) is 4.79 Å². The van der Waals surface area contributed by atoms with Crippen molar-refractivity contribution in [2.45, 2.75) is 45.6 Å². The Hall–Kier alpha value is -1.55. The summed E-state index contributed by atoms with van der Waals surface area (Å²) in [6.45, 7) is 3.45. The molecule has 4 nitrogen and oxygen atoms in total. The van der Waals surface area contributed by atoms with Gasteiger partial charge in [-0.3, -0.25) is 9.59 Å². The van der Waals surface area contributed by atoms with Gasteiger partial charge in [0.1, 0.15) is 5.75 Å². The number of ether oxygens (including phenoxy) is 1. The van der Waals surface area contributed by atoms with E-state index in [4.69, 9.17) is 16.3 Å². The number of halogens is 1. The Morgan fingerprint density at radius 2 is 2.12 bits per heavy atom. The molecule has 2 fully saturated rings. The van der Waals surface area contributed by atoms with Crippen molar-refractivity contribution < 1.29 is 14.3 Å². The van der Waals surface area contributed by atoms with Crippen LogP contribution in [0.2, 0.25) is 5.02 Å². The fourth-order valence-electron chi connectivity index (χ4n) is 4.36. The van der Waals surface area contributed by atoms with Crippen molar-refractivity contribution in [3.05, 3.63) is 28.8 Å². The minimum Gasteiger partial charge on any atom is -0.483 e. The van der Waals surface area contributed by atoms with Gasteiger partial charge in [0.15, 0.2) is 12.4 Å². The Morgan fingerprint density at radius 1 is 1.33 bits per heavy atom. The van der Waals surface area contributed by atoms with Gasteiger partial charge in [0.2, 0.25) is 0 Å². The first-order chi connectivity index (χ1) is 11.4. The van der Waals surface area contributed by atoms with E-state index in [1.807, 2.05) is 0 Å². The summed E-state index contributed by atoms with van der Waals surface area (Å²) in [6, 6.07) is 5.02. The van der Waals surface area contributed by atoms with Gasteiger partial charge in [-0.2, -0.15) is 0 Å². The Bertz CT molecular complexity index is 645. The maximum absolute atomic E-state index is 12.2. The smallest absolute Gasteiger partial charge is 0.258 e. The lowest BCUT2D eigenvalue weighted by Gasteiger charge is -2.28. The van der Waals surface area contributed by atoms with Gasteiger partial charge >= 0.3 is 0 Å². The van der Waals surface area contributed by atoms with Gasteiger partial charge in [-0.05, 0) is 69.1 Å². The molecule has 0 aromatic heterocycles. The number of fused-ring (bicyclic) bond motifs is 2. The van der Waals surface area contributed by atoms with E-state index in [0.29, 0.717) is 22.3 Å². The lowest BCUT2D eigenvalue weighted by Crippen LogP contribution is -2.42. The molecule has 0 unspecified atom stereocenters. The zero-order valence-electron chi connectivity index (χ0n) is 14.2. The van der Waals surface area contributed by atoms with Crippen molar-refractivity contribution in [3.63, 3.8) is 0 Å². The van der Waals surface area contributed by atoms with E-state index in [0.717, 1.165) is 11.8 Å². The summed E-state index contributed by atoms with van der Waals surface area (Å²) < 4.78 is 5.55. The molecule has 1 N–H and O–H groups in total. The fraction of sp³-hybridized carbons (Fsp3) is 0.579. The number of ketones is 1. The second-order valence-electron chi connectivity index (χ2n) is 7.18. The Morgan fingerprint density at radius 3 is 2.75 bits per heavy atom. The molecule has 3 rings (SSSR count). The lowest BCUT2D eigenvalue weighted by molar-refractivity contribution is -0.124. The molecule has 2 aliphatic rings. The Kier molecular flexibility index (Phi) is 5.14. The average molecular weight is 350 g/mol. The normalized spacial score (nSPS) is 26.2. The number of rotatable bonds is 6. The molecular weight excluding hydrogens is 326 g/mol. The second kappa shape index (κ2) is 7.14. The van der Waals surface area contributed by atoms with E-state index in [-0.39, 0.29) is 24.3 Å². The molecule has 2 saturated carbocycles. The molecular formula is C19H24ClNO3. The topological polar surface area (TPSA) is 55.4 Å². The van der Waals surface area contributed by atoms with E-state index >= 15 is 0 Å². The first kappa shape index (κ1) is 17.3. The molecule has 2 aliphatic carbocycles. The standard InChI is InChI=1S/C19H24ClNO3/c1-11(16-8-13-3-4-14(16)7-13)21-19(23)10-24-18-6-5-15(20)9-17(18)12(2)22/h5-6,9,11,13-14,16H,3-4,7-8,10H2,1-2H3,(H,21,23)/t11-,13-,14-,16-/m0/s1. The maximum atomic E-state index is 12.2. The summed E-state index contributed by atoms with van der Waals surface area (Å²) in [4.78, 5) is 23.8. The monoisotopic (exact) mass is 349 g/mol. The number of carbonyl (C=O) groups excluding carboxylic acids is 2. The van der Waals surface area contributed by atoms with E-state index < -0.39 is 0 Å². The zero-order valence-corrected chi connectivity index (χ0v) is 14.9. The quantitative estimate of drug-likeness (QED) is 0.793. The predicted octanol–water partition coefficient (Wildman–Crippen LogP) is 3.86. The average Bonchev–Trinajstić information content (AvgIpc) is 3.16. The third-order valence-corrected chi connectivity index (χ3v) is 5.74. The van der Waals surface area contributed by atoms with Crippen LogP contribution in [0.3, 0.4) is 0 Å². The highest BCUT2D eigenvalue weighted by atomic mass is 35.5. The van der Waals surface area contributed by atoms with Gasteiger partial charge in [-0.1, -0.05) is 18.0 Å². The van der Waals surface area contributed by atoms with Crippen LogP contribution in [0.4, 0.5) is 0 Å². The fourth-order valence-corrected chi connectivity index (χ4v) is 4.53. The van der Waals surface area contributed by atoms with E-state index in [2.05, 4.69) is 12.2 Å². The van der Waals surface area contributed by atoms with Crippen LogP contribution in [0, 0.1) is 17.8 Å². The predicted molar refractivity (Wildman–Crippen MR) is 93.5 cm³/mol. The molecule has 24 heavy (non-hydrogen) atoms. The summed E-state index contributed by atoms with van der Waals surface area (Å²) >= 11 is 5.91. The number of amides is 1. The van der Waals surface area contributed by atoms with Crippen molar-refractivity contribution in [2.24, 2.45) is 17.8 Å².